The predicted octanol–water partition coefficient (Wildman–Crippen LogP) is 1.51. The van der Waals surface area contributed by atoms with Gasteiger partial charge in [0.05, 0.1) is 12.2 Å². The Morgan fingerprint density at radius 2 is 2.27 bits per heavy atom. The van der Waals surface area contributed by atoms with Crippen LogP contribution in [0.2, 0.25) is 0 Å². The van der Waals surface area contributed by atoms with Crippen LogP contribution in [0.3, 0.4) is 0 Å². The highest BCUT2D eigenvalue weighted by molar-refractivity contribution is 5.55. The zero-order valence-electron chi connectivity index (χ0n) is 8.46. The summed E-state index contributed by atoms with van der Waals surface area (Å²) in [5.74, 6) is 0.159. The fourth-order valence-corrected chi connectivity index (χ4v) is 1.74. The number of benzene rings is 1. The van der Waals surface area contributed by atoms with E-state index in [1.54, 1.807) is 24.3 Å². The molecule has 0 radical (unpaired) electrons. The van der Waals surface area contributed by atoms with Gasteiger partial charge in [-0.2, -0.15) is 0 Å². The van der Waals surface area contributed by atoms with Gasteiger partial charge in [0.15, 0.2) is 0 Å². The minimum atomic E-state index is -1.19. The van der Waals surface area contributed by atoms with Gasteiger partial charge in [0.25, 0.3) is 0 Å². The van der Waals surface area contributed by atoms with Gasteiger partial charge in [-0.15, -0.1) is 0 Å². The molecule has 1 aliphatic rings. The molecule has 1 fully saturated rings. The van der Waals surface area contributed by atoms with Crippen molar-refractivity contribution in [3.05, 3.63) is 24.3 Å². The maximum absolute atomic E-state index is 13.9. The van der Waals surface area contributed by atoms with E-state index >= 15 is 0 Å². The van der Waals surface area contributed by atoms with Crippen molar-refractivity contribution < 1.29 is 9.50 Å². The molecule has 3 N–H and O–H groups in total. The van der Waals surface area contributed by atoms with Gasteiger partial charge in [0.2, 0.25) is 0 Å². The van der Waals surface area contributed by atoms with Crippen LogP contribution in [-0.4, -0.2) is 30.4 Å². The molecule has 0 aliphatic carbocycles. The quantitative estimate of drug-likeness (QED) is 0.662. The Morgan fingerprint density at radius 3 is 2.93 bits per heavy atom. The molecular formula is C11H15FN2O. The summed E-state index contributed by atoms with van der Waals surface area (Å²) in [4.78, 5) is 0. The second-order valence-corrected chi connectivity index (χ2v) is 3.95. The van der Waals surface area contributed by atoms with Crippen molar-refractivity contribution in [2.24, 2.45) is 0 Å². The molecule has 1 aromatic rings. The highest BCUT2D eigenvalue weighted by Gasteiger charge is 2.33. The summed E-state index contributed by atoms with van der Waals surface area (Å²) in [6.45, 7) is 1.34. The van der Waals surface area contributed by atoms with E-state index in [9.17, 15) is 9.50 Å². The van der Waals surface area contributed by atoms with Crippen molar-refractivity contribution in [1.82, 2.24) is 5.32 Å². The number of rotatable bonds is 3. The van der Waals surface area contributed by atoms with Gasteiger partial charge in [0.1, 0.15) is 11.4 Å². The number of anilines is 1. The summed E-state index contributed by atoms with van der Waals surface area (Å²) < 4.78 is 13.9. The summed E-state index contributed by atoms with van der Waals surface area (Å²) >= 11 is 0. The monoisotopic (exact) mass is 210 g/mol. The van der Waals surface area contributed by atoms with Gasteiger partial charge >= 0.3 is 0 Å². The maximum Gasteiger partial charge on any atom is 0.141 e. The maximum atomic E-state index is 13.9. The molecule has 1 unspecified atom stereocenters. The molecule has 1 aromatic carbocycles. The third-order valence-electron chi connectivity index (χ3n) is 2.69. The summed E-state index contributed by atoms with van der Waals surface area (Å²) in [7, 11) is 0. The van der Waals surface area contributed by atoms with Crippen molar-refractivity contribution in [2.45, 2.75) is 12.1 Å². The third-order valence-corrected chi connectivity index (χ3v) is 2.69. The molecule has 4 heteroatoms. The molecule has 1 atom stereocenters. The van der Waals surface area contributed by atoms with Crippen molar-refractivity contribution >= 4 is 5.69 Å². The lowest BCUT2D eigenvalue weighted by Gasteiger charge is -2.19. The number of aromatic hydroxyl groups is 1. The van der Waals surface area contributed by atoms with Crippen LogP contribution in [0.1, 0.15) is 6.42 Å². The molecule has 82 valence electrons. The third kappa shape index (κ3) is 2.39. The normalized spacial score (nSPS) is 25.4. The number of halogens is 1. The van der Waals surface area contributed by atoms with Crippen molar-refractivity contribution in [3.63, 3.8) is 0 Å². The summed E-state index contributed by atoms with van der Waals surface area (Å²) in [6, 6.07) is 6.86. The highest BCUT2D eigenvalue weighted by Crippen LogP contribution is 2.25. The smallest absolute Gasteiger partial charge is 0.141 e. The molecule has 0 saturated carbocycles. The van der Waals surface area contributed by atoms with Crippen LogP contribution in [0.15, 0.2) is 24.3 Å². The lowest BCUT2D eigenvalue weighted by Crippen LogP contribution is -2.34. The number of para-hydroxylation sites is 2. The number of alkyl halides is 1. The molecule has 1 heterocycles. The molecule has 0 bridgehead atoms. The Balaban J connectivity index is 1.95. The fraction of sp³-hybridized carbons (Fsp3) is 0.455. The molecule has 2 rings (SSSR count). The SMILES string of the molecule is Oc1ccccc1NCC1(F)CCNC1. The molecule has 1 saturated heterocycles. The highest BCUT2D eigenvalue weighted by atomic mass is 19.1. The van der Waals surface area contributed by atoms with E-state index in [0.29, 0.717) is 18.7 Å². The van der Waals surface area contributed by atoms with Crippen molar-refractivity contribution in [3.8, 4) is 5.75 Å². The van der Waals surface area contributed by atoms with Crippen LogP contribution in [0.25, 0.3) is 0 Å². The van der Waals surface area contributed by atoms with E-state index in [4.69, 9.17) is 0 Å². The largest absolute Gasteiger partial charge is 0.506 e. The lowest BCUT2D eigenvalue weighted by atomic mass is 10.1. The van der Waals surface area contributed by atoms with Gasteiger partial charge in [-0.3, -0.25) is 0 Å². The van der Waals surface area contributed by atoms with E-state index in [2.05, 4.69) is 10.6 Å². The first-order valence-corrected chi connectivity index (χ1v) is 5.11. The zero-order chi connectivity index (χ0) is 10.7. The van der Waals surface area contributed by atoms with Crippen molar-refractivity contribution in [2.75, 3.05) is 25.0 Å². The van der Waals surface area contributed by atoms with Crippen LogP contribution in [0.5, 0.6) is 5.75 Å². The minimum Gasteiger partial charge on any atom is -0.506 e. The van der Waals surface area contributed by atoms with Crippen molar-refractivity contribution in [1.29, 1.82) is 0 Å². The second-order valence-electron chi connectivity index (χ2n) is 3.95. The lowest BCUT2D eigenvalue weighted by molar-refractivity contribution is 0.208. The molecule has 0 spiro atoms. The molecule has 15 heavy (non-hydrogen) atoms. The first-order valence-electron chi connectivity index (χ1n) is 5.11. The number of nitrogens with one attached hydrogen (secondary N) is 2. The summed E-state index contributed by atoms with van der Waals surface area (Å²) in [6.07, 6.45) is 0.521. The summed E-state index contributed by atoms with van der Waals surface area (Å²) in [5, 5.41) is 15.4. The predicted molar refractivity (Wildman–Crippen MR) is 57.9 cm³/mol. The number of hydrogen-bond acceptors (Lipinski definition) is 3. The van der Waals surface area contributed by atoms with Gasteiger partial charge < -0.3 is 15.7 Å². The van der Waals surface area contributed by atoms with E-state index in [-0.39, 0.29) is 12.3 Å². The Labute approximate surface area is 88.3 Å². The Bertz CT molecular complexity index is 337. The van der Waals surface area contributed by atoms with Crippen LogP contribution >= 0.6 is 0 Å². The molecule has 0 aromatic heterocycles. The van der Waals surface area contributed by atoms with E-state index in [1.807, 2.05) is 0 Å². The molecule has 3 nitrogen and oxygen atoms in total. The molecule has 1 aliphatic heterocycles. The van der Waals surface area contributed by atoms with Gasteiger partial charge in [-0.1, -0.05) is 12.1 Å². The minimum absolute atomic E-state index is 0.159. The standard InChI is InChI=1S/C11H15FN2O/c12-11(5-6-13-7-11)8-14-9-3-1-2-4-10(9)15/h1-4,13-15H,5-8H2. The average molecular weight is 210 g/mol. The number of phenolic OH excluding ortho intramolecular Hbond substituents is 1. The molecule has 0 amide bonds. The number of hydrogen-bond donors (Lipinski definition) is 3. The van der Waals surface area contributed by atoms with E-state index < -0.39 is 5.67 Å². The van der Waals surface area contributed by atoms with Gasteiger partial charge in [-0.05, 0) is 25.1 Å². The Morgan fingerprint density at radius 1 is 1.47 bits per heavy atom. The van der Waals surface area contributed by atoms with E-state index in [1.165, 1.54) is 0 Å². The number of phenols is 1. The first-order chi connectivity index (χ1) is 7.20. The first kappa shape index (κ1) is 10.2. The van der Waals surface area contributed by atoms with Gasteiger partial charge in [-0.25, -0.2) is 4.39 Å². The van der Waals surface area contributed by atoms with Crippen LogP contribution in [0, 0.1) is 0 Å². The molecular weight excluding hydrogens is 195 g/mol. The van der Waals surface area contributed by atoms with E-state index in [0.717, 1.165) is 6.54 Å². The van der Waals surface area contributed by atoms with Crippen LogP contribution < -0.4 is 10.6 Å². The second kappa shape index (κ2) is 4.06. The summed E-state index contributed by atoms with van der Waals surface area (Å²) in [5.41, 5.74) is -0.608. The van der Waals surface area contributed by atoms with Gasteiger partial charge in [0, 0.05) is 6.54 Å². The average Bonchev–Trinajstić information content (AvgIpc) is 2.65. The Hall–Kier alpha value is -1.29. The van der Waals surface area contributed by atoms with Crippen LogP contribution in [-0.2, 0) is 0 Å². The van der Waals surface area contributed by atoms with Crippen LogP contribution in [0.4, 0.5) is 10.1 Å². The Kier molecular flexibility index (Phi) is 2.77. The zero-order valence-corrected chi connectivity index (χ0v) is 8.46. The topological polar surface area (TPSA) is 44.3 Å². The fourth-order valence-electron chi connectivity index (χ4n) is 1.74.